The normalized spacial score (nSPS) is 16.8. The van der Waals surface area contributed by atoms with Crippen LogP contribution in [0.15, 0.2) is 72.1 Å². The van der Waals surface area contributed by atoms with Crippen molar-refractivity contribution in [2.45, 2.75) is 58.3 Å². The Kier molecular flexibility index (Phi) is 10.8. The lowest BCUT2D eigenvalue weighted by Gasteiger charge is -2.29. The molecule has 51 heavy (non-hydrogen) atoms. The predicted octanol–water partition coefficient (Wildman–Crippen LogP) is 9.18. The Bertz CT molecular complexity index is 1920. The number of hydrogen-bond donors (Lipinski definition) is 1. The molecule has 0 radical (unpaired) electrons. The van der Waals surface area contributed by atoms with Gasteiger partial charge >= 0.3 is 6.09 Å². The molecule has 0 spiro atoms. The molecule has 2 aliphatic heterocycles. The number of fused-ring (bicyclic) bond motifs is 4. The predicted molar refractivity (Wildman–Crippen MR) is 198 cm³/mol. The summed E-state index contributed by atoms with van der Waals surface area (Å²) in [4.78, 5) is 22.7. The second-order valence-corrected chi connectivity index (χ2v) is 14.2. The van der Waals surface area contributed by atoms with Crippen molar-refractivity contribution in [2.24, 2.45) is 0 Å². The first-order valence-electron chi connectivity index (χ1n) is 17.7. The summed E-state index contributed by atoms with van der Waals surface area (Å²) >= 11 is 12.4. The van der Waals surface area contributed by atoms with Crippen LogP contribution in [-0.2, 0) is 30.4 Å². The van der Waals surface area contributed by atoms with Gasteiger partial charge in [-0.05, 0) is 141 Å². The Hall–Kier alpha value is -4.11. The summed E-state index contributed by atoms with van der Waals surface area (Å²) in [6, 6.07) is 15.2. The van der Waals surface area contributed by atoms with E-state index in [-0.39, 0.29) is 17.7 Å². The second-order valence-electron chi connectivity index (χ2n) is 13.3. The minimum atomic E-state index is -0.316. The Morgan fingerprint density at radius 1 is 0.706 bits per heavy atom. The number of ether oxygens (including phenoxy) is 1. The number of halogens is 4. The molecular weight excluding hydrogens is 689 g/mol. The highest BCUT2D eigenvalue weighted by Crippen LogP contribution is 2.40. The van der Waals surface area contributed by atoms with Gasteiger partial charge in [0.25, 0.3) is 0 Å². The highest BCUT2D eigenvalue weighted by molar-refractivity contribution is 6.31. The number of nitrogens with one attached hydrogen (secondary N) is 1. The van der Waals surface area contributed by atoms with E-state index in [2.05, 4.69) is 21.4 Å². The van der Waals surface area contributed by atoms with Crippen LogP contribution in [-0.4, -0.2) is 53.7 Å². The third kappa shape index (κ3) is 7.74. The number of aryl methyl sites for hydroxylation is 4. The summed E-state index contributed by atoms with van der Waals surface area (Å²) in [5, 5.41) is 4.85. The molecule has 2 saturated heterocycles. The maximum absolute atomic E-state index is 13.8. The van der Waals surface area contributed by atoms with Crippen molar-refractivity contribution in [3.8, 4) is 0 Å². The molecule has 4 heterocycles. The van der Waals surface area contributed by atoms with Crippen LogP contribution in [0.25, 0.3) is 11.1 Å². The molecule has 0 atom stereocenters. The summed E-state index contributed by atoms with van der Waals surface area (Å²) in [6.45, 7) is 5.37. The van der Waals surface area contributed by atoms with E-state index in [1.807, 2.05) is 37.3 Å². The topological polar surface area (TPSA) is 67.3 Å². The van der Waals surface area contributed by atoms with Gasteiger partial charge in [-0.15, -0.1) is 0 Å². The minimum Gasteiger partial charge on any atom is -0.450 e. The summed E-state index contributed by atoms with van der Waals surface area (Å²) in [5.41, 5.74) is 13.4. The fourth-order valence-electron chi connectivity index (χ4n) is 7.73. The first-order valence-corrected chi connectivity index (χ1v) is 18.5. The highest BCUT2D eigenvalue weighted by atomic mass is 35.5. The average Bonchev–Trinajstić information content (AvgIpc) is 3.39. The van der Waals surface area contributed by atoms with Crippen LogP contribution >= 0.6 is 23.2 Å². The van der Waals surface area contributed by atoms with Crippen molar-refractivity contribution in [1.29, 1.82) is 0 Å². The molecule has 0 unspecified atom stereocenters. The standard InChI is InChI=1S/C22H22ClFN2O2.C19H18ClFN2/c1-2-28-22(27)26-9-7-14(8-10-26)20-19-6-5-17(23)11-15(19)3-4-16-12-18(24)13-25-21(16)20;20-15-3-4-17-13(9-15)1-2-14-10-16(21)11-23-19(14)18(17)12-5-7-22-8-6-12/h5-6,11-13H,2-4,7-10H2,1H3;3-4,9-11,22H,1-2,5-8H2. The number of benzene rings is 2. The van der Waals surface area contributed by atoms with Crippen molar-refractivity contribution in [1.82, 2.24) is 20.2 Å². The van der Waals surface area contributed by atoms with E-state index in [1.54, 1.807) is 17.0 Å². The molecule has 0 bridgehead atoms. The van der Waals surface area contributed by atoms with Gasteiger partial charge in [0.1, 0.15) is 11.6 Å². The van der Waals surface area contributed by atoms with Gasteiger partial charge in [-0.2, -0.15) is 0 Å². The van der Waals surface area contributed by atoms with E-state index in [0.717, 1.165) is 109 Å². The van der Waals surface area contributed by atoms with Gasteiger partial charge in [-0.25, -0.2) is 13.6 Å². The van der Waals surface area contributed by atoms with E-state index in [0.29, 0.717) is 24.7 Å². The smallest absolute Gasteiger partial charge is 0.409 e. The molecule has 2 aromatic heterocycles. The first-order chi connectivity index (χ1) is 24.8. The fraction of sp³-hybridized carbons (Fsp3) is 0.341. The number of aromatic nitrogens is 2. The Labute approximate surface area is 307 Å². The van der Waals surface area contributed by atoms with Crippen molar-refractivity contribution in [2.75, 3.05) is 32.8 Å². The zero-order chi connectivity index (χ0) is 35.5. The Morgan fingerprint density at radius 2 is 1.18 bits per heavy atom. The maximum atomic E-state index is 13.8. The van der Waals surface area contributed by atoms with Crippen LogP contribution in [0.4, 0.5) is 13.6 Å². The van der Waals surface area contributed by atoms with Crippen molar-refractivity contribution in [3.05, 3.63) is 139 Å². The van der Waals surface area contributed by atoms with Crippen molar-refractivity contribution >= 4 is 40.4 Å². The minimum absolute atomic E-state index is 0.262. The van der Waals surface area contributed by atoms with Gasteiger partial charge in [-0.1, -0.05) is 46.5 Å². The summed E-state index contributed by atoms with van der Waals surface area (Å²) in [5.74, 6) is -0.577. The lowest BCUT2D eigenvalue weighted by Crippen LogP contribution is -2.37. The van der Waals surface area contributed by atoms with E-state index in [1.165, 1.54) is 40.2 Å². The molecule has 4 aliphatic rings. The summed E-state index contributed by atoms with van der Waals surface area (Å²) in [6.07, 6.45) is 9.04. The fourth-order valence-corrected chi connectivity index (χ4v) is 8.12. The number of pyridine rings is 2. The van der Waals surface area contributed by atoms with Crippen molar-refractivity contribution < 1.29 is 18.3 Å². The lowest BCUT2D eigenvalue weighted by molar-refractivity contribution is 0.104. The maximum Gasteiger partial charge on any atom is 0.409 e. The molecular formula is C41H40Cl2F2N4O2. The number of hydrogen-bond acceptors (Lipinski definition) is 5. The average molecular weight is 730 g/mol. The first kappa shape index (κ1) is 35.3. The SMILES string of the molecule is CCOC(=O)N1CCC(=C2c3ccc(Cl)cc3CCc3cc(F)cnc32)CC1.Fc1cnc2c(c1)CCc1cc(Cl)ccc1C2=C1CCNCC1. The van der Waals surface area contributed by atoms with Gasteiger partial charge in [0.05, 0.1) is 30.4 Å². The van der Waals surface area contributed by atoms with E-state index < -0.39 is 0 Å². The largest absolute Gasteiger partial charge is 0.450 e. The monoisotopic (exact) mass is 728 g/mol. The van der Waals surface area contributed by atoms with E-state index >= 15 is 0 Å². The molecule has 1 N–H and O–H groups in total. The van der Waals surface area contributed by atoms with Gasteiger partial charge in [0.2, 0.25) is 0 Å². The molecule has 4 aromatic rings. The lowest BCUT2D eigenvalue weighted by atomic mass is 9.88. The Morgan fingerprint density at radius 3 is 1.67 bits per heavy atom. The molecule has 8 rings (SSSR count). The van der Waals surface area contributed by atoms with Gasteiger partial charge in [-0.3, -0.25) is 9.97 Å². The number of piperidine rings is 2. The molecule has 264 valence electrons. The third-order valence-corrected chi connectivity index (χ3v) is 10.6. The number of amides is 1. The molecule has 10 heteroatoms. The van der Waals surface area contributed by atoms with Crippen LogP contribution in [0.5, 0.6) is 0 Å². The second kappa shape index (κ2) is 15.6. The zero-order valence-electron chi connectivity index (χ0n) is 28.6. The molecule has 6 nitrogen and oxygen atoms in total. The van der Waals surface area contributed by atoms with Crippen LogP contribution in [0.3, 0.4) is 0 Å². The van der Waals surface area contributed by atoms with Crippen LogP contribution in [0.1, 0.15) is 77.4 Å². The number of rotatable bonds is 1. The van der Waals surface area contributed by atoms with Crippen molar-refractivity contribution in [3.63, 3.8) is 0 Å². The molecule has 1 amide bonds. The molecule has 2 aliphatic carbocycles. The Balaban J connectivity index is 0.000000162. The number of likely N-dealkylation sites (tertiary alicyclic amines) is 1. The number of carbonyl (C=O) groups is 1. The van der Waals surface area contributed by atoms with Gasteiger partial charge < -0.3 is 15.0 Å². The van der Waals surface area contributed by atoms with Crippen LogP contribution in [0, 0.1) is 11.6 Å². The van der Waals surface area contributed by atoms with Crippen LogP contribution in [0.2, 0.25) is 10.0 Å². The van der Waals surface area contributed by atoms with E-state index in [4.69, 9.17) is 27.9 Å². The van der Waals surface area contributed by atoms with Crippen LogP contribution < -0.4 is 5.32 Å². The highest BCUT2D eigenvalue weighted by Gasteiger charge is 2.28. The molecule has 0 saturated carbocycles. The quantitative estimate of drug-likeness (QED) is 0.212. The zero-order valence-corrected chi connectivity index (χ0v) is 30.1. The number of carbonyl (C=O) groups excluding carboxylic acids is 1. The number of nitrogens with zero attached hydrogens (tertiary/aromatic N) is 3. The van der Waals surface area contributed by atoms with Gasteiger partial charge in [0.15, 0.2) is 0 Å². The van der Waals surface area contributed by atoms with E-state index in [9.17, 15) is 13.6 Å². The van der Waals surface area contributed by atoms with Gasteiger partial charge in [0, 0.05) is 34.3 Å². The third-order valence-electron chi connectivity index (χ3n) is 10.1. The molecule has 2 aromatic carbocycles. The molecule has 2 fully saturated rings. The summed E-state index contributed by atoms with van der Waals surface area (Å²) < 4.78 is 32.6. The summed E-state index contributed by atoms with van der Waals surface area (Å²) in [7, 11) is 0.